The zero-order chi connectivity index (χ0) is 17.5. The fourth-order valence-corrected chi connectivity index (χ4v) is 4.71. The van der Waals surface area contributed by atoms with Crippen molar-refractivity contribution >= 4 is 23.3 Å². The van der Waals surface area contributed by atoms with Crippen LogP contribution in [0.2, 0.25) is 5.02 Å². The number of pyridine rings is 1. The molecule has 1 fully saturated rings. The van der Waals surface area contributed by atoms with E-state index in [0.717, 1.165) is 31.4 Å². The quantitative estimate of drug-likeness (QED) is 0.854. The SMILES string of the molecule is O=C(O)C1(Nc2cccc(Cl)c2)CCC2(CCc3ncccc32)CC1. The Morgan fingerprint density at radius 3 is 2.64 bits per heavy atom. The van der Waals surface area contributed by atoms with Crippen molar-refractivity contribution in [2.75, 3.05) is 5.32 Å². The second-order valence-corrected chi connectivity index (χ2v) is 7.74. The Bertz CT molecular complexity index is 813. The van der Waals surface area contributed by atoms with Crippen molar-refractivity contribution in [1.29, 1.82) is 0 Å². The van der Waals surface area contributed by atoms with Gasteiger partial charge in [-0.1, -0.05) is 23.7 Å². The normalized spacial score (nSPS) is 27.9. The van der Waals surface area contributed by atoms with E-state index in [1.807, 2.05) is 24.4 Å². The molecule has 1 aromatic heterocycles. The molecular weight excluding hydrogens is 336 g/mol. The number of aromatic nitrogens is 1. The molecule has 0 saturated heterocycles. The fraction of sp³-hybridized carbons (Fsp3) is 0.400. The predicted octanol–water partition coefficient (Wildman–Crippen LogP) is 4.43. The molecule has 0 bridgehead atoms. The first kappa shape index (κ1) is 16.4. The third-order valence-corrected chi connectivity index (χ3v) is 6.22. The van der Waals surface area contributed by atoms with E-state index in [9.17, 15) is 9.90 Å². The molecule has 4 rings (SSSR count). The molecule has 2 aliphatic rings. The van der Waals surface area contributed by atoms with Crippen LogP contribution in [0, 0.1) is 0 Å². The lowest BCUT2D eigenvalue weighted by atomic mass is 9.64. The smallest absolute Gasteiger partial charge is 0.329 e. The Morgan fingerprint density at radius 2 is 1.92 bits per heavy atom. The summed E-state index contributed by atoms with van der Waals surface area (Å²) in [5, 5.41) is 13.8. The zero-order valence-electron chi connectivity index (χ0n) is 14.0. The van der Waals surface area contributed by atoms with Crippen LogP contribution in [0.4, 0.5) is 5.69 Å². The summed E-state index contributed by atoms with van der Waals surface area (Å²) in [5.41, 5.74) is 2.45. The zero-order valence-corrected chi connectivity index (χ0v) is 14.7. The summed E-state index contributed by atoms with van der Waals surface area (Å²) in [6.45, 7) is 0. The minimum Gasteiger partial charge on any atom is -0.480 e. The number of carbonyl (C=O) groups is 1. The van der Waals surface area contributed by atoms with E-state index >= 15 is 0 Å². The lowest BCUT2D eigenvalue weighted by Crippen LogP contribution is -2.51. The number of carboxylic acid groups (broad SMARTS) is 1. The number of aryl methyl sites for hydroxylation is 1. The summed E-state index contributed by atoms with van der Waals surface area (Å²) in [6.07, 6.45) is 6.86. The highest BCUT2D eigenvalue weighted by molar-refractivity contribution is 6.30. The van der Waals surface area contributed by atoms with Crippen LogP contribution in [0.3, 0.4) is 0 Å². The van der Waals surface area contributed by atoms with Gasteiger partial charge >= 0.3 is 5.97 Å². The second kappa shape index (κ2) is 6.03. The summed E-state index contributed by atoms with van der Waals surface area (Å²) in [4.78, 5) is 16.6. The molecule has 0 amide bonds. The number of nitrogens with zero attached hydrogens (tertiary/aromatic N) is 1. The van der Waals surface area contributed by atoms with Gasteiger partial charge in [-0.05, 0) is 73.8 Å². The van der Waals surface area contributed by atoms with Gasteiger partial charge in [-0.2, -0.15) is 0 Å². The van der Waals surface area contributed by atoms with E-state index in [0.29, 0.717) is 17.9 Å². The number of halogens is 1. The van der Waals surface area contributed by atoms with E-state index in [4.69, 9.17) is 11.6 Å². The van der Waals surface area contributed by atoms with Gasteiger partial charge in [0.1, 0.15) is 5.54 Å². The number of aliphatic carboxylic acids is 1. The van der Waals surface area contributed by atoms with Crippen LogP contribution in [0.15, 0.2) is 42.6 Å². The van der Waals surface area contributed by atoms with E-state index < -0.39 is 11.5 Å². The van der Waals surface area contributed by atoms with Gasteiger partial charge < -0.3 is 10.4 Å². The first-order valence-electron chi connectivity index (χ1n) is 8.75. The standard InChI is InChI=1S/C20H21ClN2O2/c21-14-3-1-4-15(13-14)23-20(18(24)25)10-8-19(9-11-20)7-6-17-16(19)5-2-12-22-17/h1-5,12-13,23H,6-11H2,(H,24,25). The largest absolute Gasteiger partial charge is 0.480 e. The number of fused-ring (bicyclic) bond motifs is 2. The van der Waals surface area contributed by atoms with Gasteiger partial charge in [0.25, 0.3) is 0 Å². The maximum absolute atomic E-state index is 12.1. The molecule has 130 valence electrons. The number of carboxylic acids is 1. The lowest BCUT2D eigenvalue weighted by molar-refractivity contribution is -0.144. The minimum absolute atomic E-state index is 0.0958. The summed E-state index contributed by atoms with van der Waals surface area (Å²) >= 11 is 6.05. The Hall–Kier alpha value is -2.07. The van der Waals surface area contributed by atoms with Crippen LogP contribution in [0.1, 0.15) is 43.4 Å². The first-order valence-corrected chi connectivity index (χ1v) is 9.12. The Morgan fingerprint density at radius 1 is 1.12 bits per heavy atom. The van der Waals surface area contributed by atoms with Gasteiger partial charge in [0.05, 0.1) is 0 Å². The van der Waals surface area contributed by atoms with Gasteiger partial charge in [-0.15, -0.1) is 0 Å². The summed E-state index contributed by atoms with van der Waals surface area (Å²) in [6, 6.07) is 11.5. The summed E-state index contributed by atoms with van der Waals surface area (Å²) in [7, 11) is 0. The number of hydrogen-bond acceptors (Lipinski definition) is 3. The van der Waals surface area contributed by atoms with Crippen molar-refractivity contribution in [1.82, 2.24) is 4.98 Å². The maximum Gasteiger partial charge on any atom is 0.329 e. The number of benzene rings is 1. The van der Waals surface area contributed by atoms with Crippen molar-refractivity contribution in [3.8, 4) is 0 Å². The number of nitrogens with one attached hydrogen (secondary N) is 1. The Kier molecular flexibility index (Phi) is 3.95. The average molecular weight is 357 g/mol. The number of rotatable bonds is 3. The van der Waals surface area contributed by atoms with Crippen molar-refractivity contribution in [3.05, 3.63) is 58.9 Å². The molecule has 5 heteroatoms. The van der Waals surface area contributed by atoms with Crippen LogP contribution >= 0.6 is 11.6 Å². The number of hydrogen-bond donors (Lipinski definition) is 2. The van der Waals surface area contributed by atoms with Gasteiger partial charge in [-0.25, -0.2) is 4.79 Å². The van der Waals surface area contributed by atoms with E-state index in [-0.39, 0.29) is 5.41 Å². The third kappa shape index (κ3) is 2.78. The molecule has 0 unspecified atom stereocenters. The van der Waals surface area contributed by atoms with Gasteiger partial charge in [0, 0.05) is 22.6 Å². The van der Waals surface area contributed by atoms with Crippen LogP contribution < -0.4 is 5.32 Å². The molecule has 0 atom stereocenters. The van der Waals surface area contributed by atoms with Gasteiger partial charge in [0.2, 0.25) is 0 Å². The predicted molar refractivity (Wildman–Crippen MR) is 98.1 cm³/mol. The molecule has 2 aromatic rings. The van der Waals surface area contributed by atoms with Crippen molar-refractivity contribution in [2.24, 2.45) is 0 Å². The van der Waals surface area contributed by atoms with Crippen LogP contribution in [0.25, 0.3) is 0 Å². The molecule has 2 N–H and O–H groups in total. The average Bonchev–Trinajstić information content (AvgIpc) is 2.96. The molecule has 1 spiro atoms. The second-order valence-electron chi connectivity index (χ2n) is 7.30. The molecule has 1 heterocycles. The van der Waals surface area contributed by atoms with Gasteiger partial charge in [0.15, 0.2) is 0 Å². The highest BCUT2D eigenvalue weighted by Gasteiger charge is 2.50. The van der Waals surface area contributed by atoms with Gasteiger partial charge in [-0.3, -0.25) is 4.98 Å². The molecule has 25 heavy (non-hydrogen) atoms. The fourth-order valence-electron chi connectivity index (χ4n) is 4.52. The molecular formula is C20H21ClN2O2. The highest BCUT2D eigenvalue weighted by Crippen LogP contribution is 2.51. The molecule has 1 saturated carbocycles. The van der Waals surface area contributed by atoms with E-state index in [1.165, 1.54) is 11.3 Å². The first-order chi connectivity index (χ1) is 12.0. The van der Waals surface area contributed by atoms with E-state index in [1.54, 1.807) is 12.1 Å². The van der Waals surface area contributed by atoms with Crippen molar-refractivity contribution in [2.45, 2.75) is 49.5 Å². The maximum atomic E-state index is 12.1. The summed E-state index contributed by atoms with van der Waals surface area (Å²) in [5.74, 6) is -0.785. The van der Waals surface area contributed by atoms with Crippen molar-refractivity contribution in [3.63, 3.8) is 0 Å². The summed E-state index contributed by atoms with van der Waals surface area (Å²) < 4.78 is 0. The highest BCUT2D eigenvalue weighted by atomic mass is 35.5. The van der Waals surface area contributed by atoms with Crippen LogP contribution in [-0.4, -0.2) is 21.6 Å². The molecule has 0 aliphatic heterocycles. The minimum atomic E-state index is -0.930. The van der Waals surface area contributed by atoms with E-state index in [2.05, 4.69) is 16.4 Å². The van der Waals surface area contributed by atoms with Crippen LogP contribution in [-0.2, 0) is 16.6 Å². The number of anilines is 1. The van der Waals surface area contributed by atoms with Crippen LogP contribution in [0.5, 0.6) is 0 Å². The third-order valence-electron chi connectivity index (χ3n) is 5.98. The molecule has 4 nitrogen and oxygen atoms in total. The Labute approximate surface area is 152 Å². The molecule has 2 aliphatic carbocycles. The monoisotopic (exact) mass is 356 g/mol. The topological polar surface area (TPSA) is 62.2 Å². The van der Waals surface area contributed by atoms with Crippen molar-refractivity contribution < 1.29 is 9.90 Å². The lowest BCUT2D eigenvalue weighted by Gasteiger charge is -2.44. The Balaban J connectivity index is 1.59. The molecule has 0 radical (unpaired) electrons. The molecule has 1 aromatic carbocycles.